The van der Waals surface area contributed by atoms with E-state index in [1.54, 1.807) is 12.4 Å². The van der Waals surface area contributed by atoms with E-state index in [2.05, 4.69) is 37.2 Å². The number of piperidine rings is 1. The SMILES string of the molecule is O=C(Nc1cccc(CN2CCOCC2)c1)C1CCCN(c2ncccn2)C1. The summed E-state index contributed by atoms with van der Waals surface area (Å²) in [6, 6.07) is 9.97. The number of nitrogens with zero attached hydrogens (tertiary/aromatic N) is 4. The quantitative estimate of drug-likeness (QED) is 0.856. The van der Waals surface area contributed by atoms with Crippen LogP contribution in [0.15, 0.2) is 42.7 Å². The lowest BCUT2D eigenvalue weighted by molar-refractivity contribution is -0.120. The Bertz CT molecular complexity index is 779. The number of benzene rings is 1. The van der Waals surface area contributed by atoms with E-state index in [9.17, 15) is 4.79 Å². The first-order valence-corrected chi connectivity index (χ1v) is 10.00. The van der Waals surface area contributed by atoms with Crippen molar-refractivity contribution in [2.24, 2.45) is 5.92 Å². The van der Waals surface area contributed by atoms with Crippen LogP contribution in [-0.2, 0) is 16.1 Å². The van der Waals surface area contributed by atoms with Gasteiger partial charge in [0.1, 0.15) is 0 Å². The van der Waals surface area contributed by atoms with Gasteiger partial charge in [-0.15, -0.1) is 0 Å². The second kappa shape index (κ2) is 9.12. The molecule has 2 saturated heterocycles. The highest BCUT2D eigenvalue weighted by Crippen LogP contribution is 2.22. The Morgan fingerprint density at radius 2 is 1.96 bits per heavy atom. The molecule has 1 aromatic heterocycles. The number of rotatable bonds is 5. The fraction of sp³-hybridized carbons (Fsp3) is 0.476. The van der Waals surface area contributed by atoms with E-state index >= 15 is 0 Å². The zero-order valence-electron chi connectivity index (χ0n) is 16.1. The first-order chi connectivity index (χ1) is 13.8. The molecule has 148 valence electrons. The van der Waals surface area contributed by atoms with Crippen LogP contribution in [0, 0.1) is 5.92 Å². The predicted octanol–water partition coefficient (Wildman–Crippen LogP) is 2.16. The summed E-state index contributed by atoms with van der Waals surface area (Å²) in [6.07, 6.45) is 5.34. The number of nitrogens with one attached hydrogen (secondary N) is 1. The Morgan fingerprint density at radius 1 is 1.14 bits per heavy atom. The number of aromatic nitrogens is 2. The highest BCUT2D eigenvalue weighted by atomic mass is 16.5. The molecule has 1 amide bonds. The van der Waals surface area contributed by atoms with E-state index < -0.39 is 0 Å². The largest absolute Gasteiger partial charge is 0.379 e. The Balaban J connectivity index is 1.35. The Hall–Kier alpha value is -2.51. The maximum Gasteiger partial charge on any atom is 0.229 e. The standard InChI is InChI=1S/C21H27N5O2/c27-20(18-5-2-9-26(16-18)21-22-7-3-8-23-21)24-19-6-1-4-17(14-19)15-25-10-12-28-13-11-25/h1,3-4,6-8,14,18H,2,5,9-13,15-16H2,(H,24,27). The average molecular weight is 381 g/mol. The summed E-state index contributed by atoms with van der Waals surface area (Å²) in [5.74, 6) is 0.720. The third-order valence-electron chi connectivity index (χ3n) is 5.33. The summed E-state index contributed by atoms with van der Waals surface area (Å²) in [6.45, 7) is 5.92. The van der Waals surface area contributed by atoms with Crippen LogP contribution in [0.3, 0.4) is 0 Å². The van der Waals surface area contributed by atoms with Crippen molar-refractivity contribution < 1.29 is 9.53 Å². The number of carbonyl (C=O) groups excluding carboxylic acids is 1. The third kappa shape index (κ3) is 4.85. The van der Waals surface area contributed by atoms with Crippen molar-refractivity contribution in [3.63, 3.8) is 0 Å². The summed E-state index contributed by atoms with van der Waals surface area (Å²) in [5.41, 5.74) is 2.08. The first-order valence-electron chi connectivity index (χ1n) is 10.00. The van der Waals surface area contributed by atoms with E-state index in [1.165, 1.54) is 5.56 Å². The van der Waals surface area contributed by atoms with E-state index in [4.69, 9.17) is 4.74 Å². The molecule has 0 spiro atoms. The Morgan fingerprint density at radius 3 is 2.79 bits per heavy atom. The molecular formula is C21H27N5O2. The van der Waals surface area contributed by atoms with Crippen LogP contribution in [0.25, 0.3) is 0 Å². The van der Waals surface area contributed by atoms with Gasteiger partial charge in [0, 0.05) is 50.8 Å². The van der Waals surface area contributed by atoms with Crippen LogP contribution in [0.1, 0.15) is 18.4 Å². The second-order valence-electron chi connectivity index (χ2n) is 7.41. The summed E-state index contributed by atoms with van der Waals surface area (Å²) in [7, 11) is 0. The third-order valence-corrected chi connectivity index (χ3v) is 5.33. The number of amides is 1. The van der Waals surface area contributed by atoms with Gasteiger partial charge in [0.25, 0.3) is 0 Å². The number of carbonyl (C=O) groups is 1. The molecule has 1 N–H and O–H groups in total. The summed E-state index contributed by atoms with van der Waals surface area (Å²) in [4.78, 5) is 26.0. The normalized spacial score (nSPS) is 20.7. The fourth-order valence-electron chi connectivity index (χ4n) is 3.84. The van der Waals surface area contributed by atoms with Gasteiger partial charge < -0.3 is 15.0 Å². The van der Waals surface area contributed by atoms with Crippen LogP contribution in [0.5, 0.6) is 0 Å². The van der Waals surface area contributed by atoms with Gasteiger partial charge in [-0.1, -0.05) is 12.1 Å². The molecule has 0 bridgehead atoms. The number of hydrogen-bond donors (Lipinski definition) is 1. The van der Waals surface area contributed by atoms with Crippen molar-refractivity contribution in [2.45, 2.75) is 19.4 Å². The molecule has 1 unspecified atom stereocenters. The van der Waals surface area contributed by atoms with Crippen LogP contribution < -0.4 is 10.2 Å². The van der Waals surface area contributed by atoms with Crippen molar-refractivity contribution in [3.05, 3.63) is 48.3 Å². The smallest absolute Gasteiger partial charge is 0.229 e. The molecule has 1 atom stereocenters. The molecular weight excluding hydrogens is 354 g/mol. The highest BCUT2D eigenvalue weighted by Gasteiger charge is 2.27. The molecule has 0 radical (unpaired) electrons. The van der Waals surface area contributed by atoms with E-state index in [1.807, 2.05) is 18.2 Å². The molecule has 2 aliphatic rings. The van der Waals surface area contributed by atoms with Gasteiger partial charge in [0.15, 0.2) is 0 Å². The summed E-state index contributed by atoms with van der Waals surface area (Å²) < 4.78 is 5.41. The monoisotopic (exact) mass is 381 g/mol. The molecule has 7 nitrogen and oxygen atoms in total. The van der Waals surface area contributed by atoms with Crippen LogP contribution >= 0.6 is 0 Å². The molecule has 1 aromatic carbocycles. The summed E-state index contributed by atoms with van der Waals surface area (Å²) >= 11 is 0. The minimum Gasteiger partial charge on any atom is -0.379 e. The van der Waals surface area contributed by atoms with E-state index in [0.29, 0.717) is 12.5 Å². The van der Waals surface area contributed by atoms with E-state index in [-0.39, 0.29) is 11.8 Å². The van der Waals surface area contributed by atoms with Crippen molar-refractivity contribution >= 4 is 17.5 Å². The topological polar surface area (TPSA) is 70.6 Å². The van der Waals surface area contributed by atoms with Crippen molar-refractivity contribution in [1.82, 2.24) is 14.9 Å². The lowest BCUT2D eigenvalue weighted by Gasteiger charge is -2.32. The van der Waals surface area contributed by atoms with Gasteiger partial charge in [-0.25, -0.2) is 9.97 Å². The lowest BCUT2D eigenvalue weighted by atomic mass is 9.97. The van der Waals surface area contributed by atoms with Gasteiger partial charge >= 0.3 is 0 Å². The van der Waals surface area contributed by atoms with Crippen molar-refractivity contribution in [3.8, 4) is 0 Å². The lowest BCUT2D eigenvalue weighted by Crippen LogP contribution is -2.41. The molecule has 0 aliphatic carbocycles. The molecule has 0 saturated carbocycles. The minimum atomic E-state index is -0.0551. The molecule has 2 fully saturated rings. The number of hydrogen-bond acceptors (Lipinski definition) is 6. The maximum atomic E-state index is 12.8. The summed E-state index contributed by atoms with van der Waals surface area (Å²) in [5, 5.41) is 3.11. The first kappa shape index (κ1) is 18.8. The maximum absolute atomic E-state index is 12.8. The van der Waals surface area contributed by atoms with Crippen LogP contribution in [0.4, 0.5) is 11.6 Å². The van der Waals surface area contributed by atoms with Gasteiger partial charge in [0.05, 0.1) is 19.1 Å². The van der Waals surface area contributed by atoms with Crippen LogP contribution in [0.2, 0.25) is 0 Å². The number of anilines is 2. The molecule has 28 heavy (non-hydrogen) atoms. The van der Waals surface area contributed by atoms with E-state index in [0.717, 1.165) is 57.9 Å². The molecule has 2 aromatic rings. The fourth-order valence-corrected chi connectivity index (χ4v) is 3.84. The van der Waals surface area contributed by atoms with Gasteiger partial charge in [-0.2, -0.15) is 0 Å². The average Bonchev–Trinajstić information content (AvgIpc) is 2.75. The van der Waals surface area contributed by atoms with Gasteiger partial charge in [0.2, 0.25) is 11.9 Å². The highest BCUT2D eigenvalue weighted by molar-refractivity contribution is 5.93. The Kier molecular flexibility index (Phi) is 6.14. The zero-order chi connectivity index (χ0) is 19.2. The van der Waals surface area contributed by atoms with Crippen molar-refractivity contribution in [1.29, 1.82) is 0 Å². The molecule has 7 heteroatoms. The number of ether oxygens (including phenoxy) is 1. The van der Waals surface area contributed by atoms with Gasteiger partial charge in [-0.05, 0) is 36.6 Å². The molecule has 4 rings (SSSR count). The zero-order valence-corrected chi connectivity index (χ0v) is 16.1. The predicted molar refractivity (Wildman–Crippen MR) is 108 cm³/mol. The Labute approximate surface area is 165 Å². The number of morpholine rings is 1. The van der Waals surface area contributed by atoms with Crippen molar-refractivity contribution in [2.75, 3.05) is 49.6 Å². The van der Waals surface area contributed by atoms with Gasteiger partial charge in [-0.3, -0.25) is 9.69 Å². The second-order valence-corrected chi connectivity index (χ2v) is 7.41. The molecule has 3 heterocycles. The van der Waals surface area contributed by atoms with Crippen LogP contribution in [-0.4, -0.2) is 60.2 Å². The molecule has 2 aliphatic heterocycles. The minimum absolute atomic E-state index is 0.0551.